The highest BCUT2D eigenvalue weighted by Gasteiger charge is 2.39. The van der Waals surface area contributed by atoms with Crippen molar-refractivity contribution in [3.63, 3.8) is 0 Å². The molecule has 2 aliphatic carbocycles. The molecule has 1 aromatic rings. The van der Waals surface area contributed by atoms with Crippen molar-refractivity contribution in [2.75, 3.05) is 19.6 Å². The van der Waals surface area contributed by atoms with Gasteiger partial charge < -0.3 is 5.32 Å². The van der Waals surface area contributed by atoms with Gasteiger partial charge in [-0.25, -0.2) is 0 Å². The predicted molar refractivity (Wildman–Crippen MR) is 101 cm³/mol. The molecule has 0 spiro atoms. The molecule has 136 valence electrons. The Labute approximate surface area is 152 Å². The lowest BCUT2D eigenvalue weighted by molar-refractivity contribution is -0.122. The van der Waals surface area contributed by atoms with Crippen LogP contribution >= 0.6 is 0 Å². The number of nitrogens with one attached hydrogen (secondary N) is 1. The summed E-state index contributed by atoms with van der Waals surface area (Å²) in [6, 6.07) is 8.82. The third-order valence-electron chi connectivity index (χ3n) is 6.77. The third-order valence-corrected chi connectivity index (χ3v) is 6.77. The maximum Gasteiger partial charge on any atom is 0.220 e. The molecule has 2 bridgehead atoms. The third kappa shape index (κ3) is 4.25. The summed E-state index contributed by atoms with van der Waals surface area (Å²) in [5.74, 6) is 2.78. The fraction of sp³-hybridized carbons (Fsp3) is 0.682. The molecule has 3 unspecified atom stereocenters. The Kier molecular flexibility index (Phi) is 5.40. The first-order valence-electron chi connectivity index (χ1n) is 10.3. The minimum absolute atomic E-state index is 0.296. The van der Waals surface area contributed by atoms with E-state index in [9.17, 15) is 4.79 Å². The number of fused-ring (bicyclic) bond motifs is 3. The van der Waals surface area contributed by atoms with Gasteiger partial charge in [0.1, 0.15) is 0 Å². The van der Waals surface area contributed by atoms with Gasteiger partial charge in [-0.2, -0.15) is 0 Å². The molecule has 1 heterocycles. The fourth-order valence-corrected chi connectivity index (χ4v) is 5.37. The van der Waals surface area contributed by atoms with Gasteiger partial charge in [-0.05, 0) is 74.0 Å². The van der Waals surface area contributed by atoms with Crippen molar-refractivity contribution in [2.24, 2.45) is 17.8 Å². The van der Waals surface area contributed by atoms with Crippen molar-refractivity contribution < 1.29 is 4.79 Å². The summed E-state index contributed by atoms with van der Waals surface area (Å²) in [4.78, 5) is 14.7. The van der Waals surface area contributed by atoms with Gasteiger partial charge in [-0.3, -0.25) is 9.69 Å². The van der Waals surface area contributed by atoms with Gasteiger partial charge in [0, 0.05) is 26.1 Å². The van der Waals surface area contributed by atoms with Crippen molar-refractivity contribution in [3.8, 4) is 0 Å². The van der Waals surface area contributed by atoms with Gasteiger partial charge in [0.05, 0.1) is 0 Å². The molecule has 0 radical (unpaired) electrons. The van der Waals surface area contributed by atoms with Crippen molar-refractivity contribution >= 4 is 5.91 Å². The van der Waals surface area contributed by atoms with Crippen LogP contribution in [0.1, 0.15) is 56.1 Å². The second kappa shape index (κ2) is 7.90. The van der Waals surface area contributed by atoms with Crippen LogP contribution in [0, 0.1) is 17.8 Å². The van der Waals surface area contributed by atoms with Crippen molar-refractivity contribution in [2.45, 2.75) is 57.9 Å². The van der Waals surface area contributed by atoms with Crippen molar-refractivity contribution in [3.05, 3.63) is 35.4 Å². The summed E-state index contributed by atoms with van der Waals surface area (Å²) < 4.78 is 0. The molecule has 1 amide bonds. The summed E-state index contributed by atoms with van der Waals surface area (Å²) in [6.45, 7) is 4.26. The van der Waals surface area contributed by atoms with E-state index in [4.69, 9.17) is 0 Å². The van der Waals surface area contributed by atoms with Crippen LogP contribution in [0.25, 0.3) is 0 Å². The second-order valence-electron chi connectivity index (χ2n) is 8.49. The summed E-state index contributed by atoms with van der Waals surface area (Å²) in [6.07, 6.45) is 9.74. The lowest BCUT2D eigenvalue weighted by atomic mass is 9.86. The number of nitrogens with zero attached hydrogens (tertiary/aromatic N) is 1. The highest BCUT2D eigenvalue weighted by atomic mass is 16.1. The topological polar surface area (TPSA) is 32.3 Å². The zero-order valence-electron chi connectivity index (χ0n) is 15.4. The molecule has 1 aliphatic heterocycles. The Morgan fingerprint density at radius 2 is 2.00 bits per heavy atom. The van der Waals surface area contributed by atoms with Crippen LogP contribution in [0.5, 0.6) is 0 Å². The minimum atomic E-state index is 0.296. The molecule has 1 aromatic carbocycles. The van der Waals surface area contributed by atoms with Gasteiger partial charge in [-0.1, -0.05) is 30.7 Å². The SMILES string of the molecule is O=C(CC1CC2CCC1C2)NCCCCN1CCc2ccccc2C1. The number of hydrogen-bond acceptors (Lipinski definition) is 2. The van der Waals surface area contributed by atoms with E-state index in [-0.39, 0.29) is 0 Å². The largest absolute Gasteiger partial charge is 0.356 e. The summed E-state index contributed by atoms with van der Waals surface area (Å²) in [5.41, 5.74) is 3.01. The van der Waals surface area contributed by atoms with Gasteiger partial charge >= 0.3 is 0 Å². The molecule has 1 N–H and O–H groups in total. The number of hydrogen-bond donors (Lipinski definition) is 1. The molecular weight excluding hydrogens is 308 g/mol. The first kappa shape index (κ1) is 17.1. The van der Waals surface area contributed by atoms with Crippen LogP contribution < -0.4 is 5.32 Å². The zero-order chi connectivity index (χ0) is 17.1. The predicted octanol–water partition coefficient (Wildman–Crippen LogP) is 3.77. The Bertz CT molecular complexity index is 599. The summed E-state index contributed by atoms with van der Waals surface area (Å²) in [5, 5.41) is 3.16. The quantitative estimate of drug-likeness (QED) is 0.766. The molecule has 25 heavy (non-hydrogen) atoms. The minimum Gasteiger partial charge on any atom is -0.356 e. The van der Waals surface area contributed by atoms with Crippen LogP contribution in [0.15, 0.2) is 24.3 Å². The van der Waals surface area contributed by atoms with Crippen LogP contribution in [-0.2, 0) is 17.8 Å². The van der Waals surface area contributed by atoms with E-state index >= 15 is 0 Å². The van der Waals surface area contributed by atoms with Crippen LogP contribution in [0.2, 0.25) is 0 Å². The van der Waals surface area contributed by atoms with E-state index in [2.05, 4.69) is 34.5 Å². The Balaban J connectivity index is 1.09. The first-order chi connectivity index (χ1) is 12.3. The van der Waals surface area contributed by atoms with E-state index in [0.29, 0.717) is 11.8 Å². The molecule has 2 fully saturated rings. The highest BCUT2D eigenvalue weighted by Crippen LogP contribution is 2.49. The smallest absolute Gasteiger partial charge is 0.220 e. The molecule has 3 heteroatoms. The Morgan fingerprint density at radius 3 is 2.80 bits per heavy atom. The number of rotatable bonds is 7. The molecule has 3 atom stereocenters. The molecule has 4 rings (SSSR count). The number of amides is 1. The first-order valence-corrected chi connectivity index (χ1v) is 10.3. The molecular formula is C22H32N2O. The normalized spacial score (nSPS) is 28.1. The lowest BCUT2D eigenvalue weighted by Crippen LogP contribution is -2.32. The second-order valence-corrected chi connectivity index (χ2v) is 8.49. The van der Waals surface area contributed by atoms with E-state index in [1.165, 1.54) is 56.2 Å². The molecule has 0 saturated heterocycles. The monoisotopic (exact) mass is 340 g/mol. The van der Waals surface area contributed by atoms with E-state index in [0.717, 1.165) is 44.3 Å². The van der Waals surface area contributed by atoms with Crippen LogP contribution in [0.3, 0.4) is 0 Å². The Hall–Kier alpha value is -1.35. The molecule has 3 aliphatic rings. The molecule has 3 nitrogen and oxygen atoms in total. The van der Waals surface area contributed by atoms with Crippen LogP contribution in [-0.4, -0.2) is 30.4 Å². The van der Waals surface area contributed by atoms with Crippen molar-refractivity contribution in [1.82, 2.24) is 10.2 Å². The van der Waals surface area contributed by atoms with Crippen LogP contribution in [0.4, 0.5) is 0 Å². The standard InChI is InChI=1S/C22H32N2O/c25-22(15-21-14-17-7-8-19(21)13-17)23-10-3-4-11-24-12-9-18-5-1-2-6-20(18)16-24/h1-2,5-6,17,19,21H,3-4,7-16H2,(H,23,25). The van der Waals surface area contributed by atoms with E-state index in [1.807, 2.05) is 0 Å². The Morgan fingerprint density at radius 1 is 1.12 bits per heavy atom. The lowest BCUT2D eigenvalue weighted by Gasteiger charge is -2.28. The number of carbonyl (C=O) groups is 1. The summed E-state index contributed by atoms with van der Waals surface area (Å²) >= 11 is 0. The maximum atomic E-state index is 12.2. The number of benzene rings is 1. The number of carbonyl (C=O) groups excluding carboxylic acids is 1. The fourth-order valence-electron chi connectivity index (χ4n) is 5.37. The highest BCUT2D eigenvalue weighted by molar-refractivity contribution is 5.76. The van der Waals surface area contributed by atoms with E-state index in [1.54, 1.807) is 0 Å². The average Bonchev–Trinajstić information content (AvgIpc) is 3.24. The molecule has 0 aromatic heterocycles. The van der Waals surface area contributed by atoms with Gasteiger partial charge in [-0.15, -0.1) is 0 Å². The zero-order valence-corrected chi connectivity index (χ0v) is 15.4. The summed E-state index contributed by atoms with van der Waals surface area (Å²) in [7, 11) is 0. The van der Waals surface area contributed by atoms with Gasteiger partial charge in [0.25, 0.3) is 0 Å². The maximum absolute atomic E-state index is 12.2. The van der Waals surface area contributed by atoms with Crippen molar-refractivity contribution in [1.29, 1.82) is 0 Å². The van der Waals surface area contributed by atoms with E-state index < -0.39 is 0 Å². The number of unbranched alkanes of at least 4 members (excludes halogenated alkanes) is 1. The van der Waals surface area contributed by atoms with Gasteiger partial charge in [0.2, 0.25) is 5.91 Å². The average molecular weight is 341 g/mol. The van der Waals surface area contributed by atoms with Gasteiger partial charge in [0.15, 0.2) is 0 Å². The molecule has 2 saturated carbocycles.